The van der Waals surface area contributed by atoms with E-state index in [9.17, 15) is 14.0 Å². The van der Waals surface area contributed by atoms with E-state index in [2.05, 4.69) is 5.32 Å². The van der Waals surface area contributed by atoms with Crippen molar-refractivity contribution >= 4 is 29.3 Å². The molecule has 3 N–H and O–H groups in total. The minimum absolute atomic E-state index is 0.113. The number of para-hydroxylation sites is 1. The molecule has 132 valence electrons. The predicted octanol–water partition coefficient (Wildman–Crippen LogP) is 3.20. The summed E-state index contributed by atoms with van der Waals surface area (Å²) in [5.74, 6) is -0.689. The van der Waals surface area contributed by atoms with Gasteiger partial charge in [-0.3, -0.25) is 9.59 Å². The summed E-state index contributed by atoms with van der Waals surface area (Å²) >= 11 is 1.24. The molecule has 0 aliphatic heterocycles. The number of nitrogens with one attached hydrogen (secondary N) is 1. The highest BCUT2D eigenvalue weighted by Gasteiger charge is 2.30. The van der Waals surface area contributed by atoms with E-state index in [1.165, 1.54) is 36.0 Å². The Morgan fingerprint density at radius 1 is 1.16 bits per heavy atom. The molecular weight excluding hydrogens is 343 g/mol. The van der Waals surface area contributed by atoms with Crippen molar-refractivity contribution in [3.63, 3.8) is 0 Å². The van der Waals surface area contributed by atoms with Crippen molar-refractivity contribution in [1.82, 2.24) is 0 Å². The molecule has 0 saturated carbocycles. The third-order valence-corrected chi connectivity index (χ3v) is 4.33. The molecule has 0 aliphatic rings. The smallest absolute Gasteiger partial charge is 0.268 e. The maximum atomic E-state index is 13.0. The van der Waals surface area contributed by atoms with Crippen LogP contribution in [-0.4, -0.2) is 23.2 Å². The average Bonchev–Trinajstić information content (AvgIpc) is 2.56. The number of ether oxygens (including phenoxy) is 1. The number of benzene rings is 2. The zero-order valence-electron chi connectivity index (χ0n) is 13.9. The van der Waals surface area contributed by atoms with Gasteiger partial charge in [-0.2, -0.15) is 0 Å². The molecule has 5 nitrogen and oxygen atoms in total. The highest BCUT2D eigenvalue weighted by Crippen LogP contribution is 2.28. The number of halogens is 1. The second-order valence-electron chi connectivity index (χ2n) is 5.77. The van der Waals surface area contributed by atoms with Crippen LogP contribution in [0.3, 0.4) is 0 Å². The second kappa shape index (κ2) is 8.02. The van der Waals surface area contributed by atoms with E-state index in [0.29, 0.717) is 11.4 Å². The van der Waals surface area contributed by atoms with Gasteiger partial charge < -0.3 is 15.8 Å². The summed E-state index contributed by atoms with van der Waals surface area (Å²) in [5, 5.41) is 2.80. The van der Waals surface area contributed by atoms with Gasteiger partial charge in [0.15, 0.2) is 5.60 Å². The number of hydrogen-bond acceptors (Lipinski definition) is 4. The minimum atomic E-state index is -1.18. The molecule has 7 heteroatoms. The Bertz CT molecular complexity index is 763. The summed E-state index contributed by atoms with van der Waals surface area (Å²) in [6, 6.07) is 12.5. The number of anilines is 1. The van der Waals surface area contributed by atoms with Crippen molar-refractivity contribution in [3.05, 3.63) is 54.3 Å². The van der Waals surface area contributed by atoms with E-state index >= 15 is 0 Å². The van der Waals surface area contributed by atoms with E-state index in [4.69, 9.17) is 10.5 Å². The van der Waals surface area contributed by atoms with Gasteiger partial charge in [0, 0.05) is 4.90 Å². The van der Waals surface area contributed by atoms with Crippen LogP contribution in [0.25, 0.3) is 0 Å². The largest absolute Gasteiger partial charge is 0.478 e. The number of hydrogen-bond donors (Lipinski definition) is 2. The first-order valence-electron chi connectivity index (χ1n) is 7.54. The van der Waals surface area contributed by atoms with Crippen LogP contribution >= 0.6 is 11.8 Å². The van der Waals surface area contributed by atoms with E-state index < -0.39 is 11.5 Å². The molecule has 2 aromatic rings. The maximum absolute atomic E-state index is 13.0. The molecule has 2 amide bonds. The molecule has 0 aliphatic carbocycles. The first-order valence-corrected chi connectivity index (χ1v) is 8.52. The number of thioether (sulfide) groups is 1. The lowest BCUT2D eigenvalue weighted by Crippen LogP contribution is -2.42. The zero-order valence-corrected chi connectivity index (χ0v) is 14.7. The summed E-state index contributed by atoms with van der Waals surface area (Å²) in [4.78, 5) is 24.3. The van der Waals surface area contributed by atoms with Gasteiger partial charge in [-0.15, -0.1) is 11.8 Å². The molecule has 0 bridgehead atoms. The van der Waals surface area contributed by atoms with Crippen molar-refractivity contribution in [2.75, 3.05) is 11.1 Å². The number of carbonyl (C=O) groups excluding carboxylic acids is 2. The lowest BCUT2D eigenvalue weighted by atomic mass is 10.1. The maximum Gasteiger partial charge on any atom is 0.268 e. The zero-order chi connectivity index (χ0) is 18.4. The Kier molecular flexibility index (Phi) is 6.03. The van der Waals surface area contributed by atoms with Crippen molar-refractivity contribution in [3.8, 4) is 5.75 Å². The molecule has 0 saturated heterocycles. The predicted molar refractivity (Wildman–Crippen MR) is 96.1 cm³/mol. The second-order valence-corrected chi connectivity index (χ2v) is 6.79. The highest BCUT2D eigenvalue weighted by molar-refractivity contribution is 8.00. The molecule has 0 spiro atoms. The van der Waals surface area contributed by atoms with Crippen LogP contribution < -0.4 is 15.8 Å². The number of nitrogens with two attached hydrogens (primary N) is 1. The van der Waals surface area contributed by atoms with Crippen LogP contribution in [0.1, 0.15) is 13.8 Å². The molecule has 2 rings (SSSR count). The van der Waals surface area contributed by atoms with Crippen LogP contribution in [0, 0.1) is 5.82 Å². The van der Waals surface area contributed by atoms with E-state index in [-0.39, 0.29) is 17.5 Å². The molecule has 0 aromatic heterocycles. The van der Waals surface area contributed by atoms with Crippen LogP contribution in [0.5, 0.6) is 5.75 Å². The van der Waals surface area contributed by atoms with Gasteiger partial charge in [0.1, 0.15) is 11.6 Å². The summed E-state index contributed by atoms with van der Waals surface area (Å²) < 4.78 is 18.6. The normalized spacial score (nSPS) is 11.0. The third kappa shape index (κ3) is 5.49. The summed E-state index contributed by atoms with van der Waals surface area (Å²) in [6.07, 6.45) is 0. The van der Waals surface area contributed by atoms with E-state index in [1.54, 1.807) is 38.1 Å². The number of primary amides is 1. The highest BCUT2D eigenvalue weighted by atomic mass is 32.2. The van der Waals surface area contributed by atoms with Crippen molar-refractivity contribution in [2.24, 2.45) is 5.73 Å². The Labute approximate surface area is 149 Å². The molecule has 0 heterocycles. The van der Waals surface area contributed by atoms with Gasteiger partial charge >= 0.3 is 0 Å². The van der Waals surface area contributed by atoms with Gasteiger partial charge in [-0.05, 0) is 50.2 Å². The molecule has 2 aromatic carbocycles. The molecular formula is C18H19FN2O3S. The standard InChI is InChI=1S/C18H19FN2O3S/c1-18(2,24-13-9-7-12(19)8-10-13)17(23)21-14-5-3-4-6-15(14)25-11-16(20)22/h3-10H,11H2,1-2H3,(H2,20,22)(H,21,23). The van der Waals surface area contributed by atoms with Gasteiger partial charge in [0.25, 0.3) is 5.91 Å². The van der Waals surface area contributed by atoms with Crippen molar-refractivity contribution in [1.29, 1.82) is 0 Å². The first-order chi connectivity index (χ1) is 11.8. The van der Waals surface area contributed by atoms with Crippen molar-refractivity contribution in [2.45, 2.75) is 24.3 Å². The molecule has 0 atom stereocenters. The van der Waals surface area contributed by atoms with E-state index in [0.717, 1.165) is 4.90 Å². The quantitative estimate of drug-likeness (QED) is 0.741. The number of rotatable bonds is 7. The van der Waals surface area contributed by atoms with Gasteiger partial charge in [-0.25, -0.2) is 4.39 Å². The molecule has 25 heavy (non-hydrogen) atoms. The Balaban J connectivity index is 2.09. The monoisotopic (exact) mass is 362 g/mol. The van der Waals surface area contributed by atoms with Crippen LogP contribution in [0.15, 0.2) is 53.4 Å². The molecule has 0 unspecified atom stereocenters. The van der Waals surface area contributed by atoms with Gasteiger partial charge in [-0.1, -0.05) is 12.1 Å². The Morgan fingerprint density at radius 3 is 2.44 bits per heavy atom. The number of amides is 2. The lowest BCUT2D eigenvalue weighted by molar-refractivity contribution is -0.128. The topological polar surface area (TPSA) is 81.4 Å². The summed E-state index contributed by atoms with van der Waals surface area (Å²) in [7, 11) is 0. The van der Waals surface area contributed by atoms with Crippen molar-refractivity contribution < 1.29 is 18.7 Å². The number of carbonyl (C=O) groups is 2. The first kappa shape index (κ1) is 18.8. The Hall–Kier alpha value is -2.54. The molecule has 0 fully saturated rings. The SMILES string of the molecule is CC(C)(Oc1ccc(F)cc1)C(=O)Nc1ccccc1SCC(N)=O. The van der Waals surface area contributed by atoms with Crippen LogP contribution in [-0.2, 0) is 9.59 Å². The fourth-order valence-corrected chi connectivity index (χ4v) is 2.71. The van der Waals surface area contributed by atoms with Gasteiger partial charge in [0.2, 0.25) is 5.91 Å². The minimum Gasteiger partial charge on any atom is -0.478 e. The van der Waals surface area contributed by atoms with Crippen LogP contribution in [0.4, 0.5) is 10.1 Å². The van der Waals surface area contributed by atoms with Crippen LogP contribution in [0.2, 0.25) is 0 Å². The molecule has 0 radical (unpaired) electrons. The summed E-state index contributed by atoms with van der Waals surface area (Å²) in [6.45, 7) is 3.23. The summed E-state index contributed by atoms with van der Waals surface area (Å²) in [5.41, 5.74) is 4.55. The van der Waals surface area contributed by atoms with Gasteiger partial charge in [0.05, 0.1) is 11.4 Å². The Morgan fingerprint density at radius 2 is 1.80 bits per heavy atom. The fourth-order valence-electron chi connectivity index (χ4n) is 1.96. The van der Waals surface area contributed by atoms with E-state index in [1.807, 2.05) is 0 Å². The lowest BCUT2D eigenvalue weighted by Gasteiger charge is -2.25. The average molecular weight is 362 g/mol. The fraction of sp³-hybridized carbons (Fsp3) is 0.222. The third-order valence-electron chi connectivity index (χ3n) is 3.24.